The predicted molar refractivity (Wildman–Crippen MR) is 86.5 cm³/mol. The van der Waals surface area contributed by atoms with E-state index in [0.29, 0.717) is 6.07 Å². The maximum atomic E-state index is 12.8. The molecule has 0 aliphatic carbocycles. The average molecular weight is 387 g/mol. The summed E-state index contributed by atoms with van der Waals surface area (Å²) in [6.45, 7) is 3.02. The molecule has 1 rings (SSSR count). The number of sulfonamides is 1. The Hall–Kier alpha value is -1.48. The molecule has 0 radical (unpaired) electrons. The van der Waals surface area contributed by atoms with Crippen LogP contribution in [0.2, 0.25) is 5.02 Å². The van der Waals surface area contributed by atoms with Gasteiger partial charge in [0.05, 0.1) is 29.1 Å². The van der Waals surface area contributed by atoms with E-state index in [1.807, 2.05) is 0 Å². The summed E-state index contributed by atoms with van der Waals surface area (Å²) < 4.78 is 63.1. The average Bonchev–Trinajstić information content (AvgIpc) is 2.41. The lowest BCUT2D eigenvalue weighted by Crippen LogP contribution is -2.39. The van der Waals surface area contributed by atoms with Crippen molar-refractivity contribution < 1.29 is 26.4 Å². The summed E-state index contributed by atoms with van der Waals surface area (Å²) in [5, 5.41) is 2.37. The van der Waals surface area contributed by atoms with E-state index in [2.05, 4.69) is 5.32 Å². The Labute approximate surface area is 143 Å². The summed E-state index contributed by atoms with van der Waals surface area (Å²) in [4.78, 5) is 11.5. The lowest BCUT2D eigenvalue weighted by Gasteiger charge is -2.24. The van der Waals surface area contributed by atoms with Gasteiger partial charge in [-0.3, -0.25) is 9.10 Å². The second-order valence-electron chi connectivity index (χ2n) is 5.44. The minimum atomic E-state index is -4.63. The Balaban J connectivity index is 3.12. The lowest BCUT2D eigenvalue weighted by molar-refractivity contribution is -0.137. The third-order valence-electron chi connectivity index (χ3n) is 3.08. The molecule has 1 amide bonds. The predicted octanol–water partition coefficient (Wildman–Crippen LogP) is 2.90. The van der Waals surface area contributed by atoms with Crippen LogP contribution in [0.4, 0.5) is 18.9 Å². The van der Waals surface area contributed by atoms with E-state index in [1.165, 1.54) is 0 Å². The summed E-state index contributed by atoms with van der Waals surface area (Å²) in [6.07, 6.45) is -3.78. The Kier molecular flexibility index (Phi) is 6.52. The van der Waals surface area contributed by atoms with Gasteiger partial charge in [-0.2, -0.15) is 13.2 Å². The molecule has 0 aliphatic heterocycles. The van der Waals surface area contributed by atoms with Crippen LogP contribution < -0.4 is 9.62 Å². The first-order chi connectivity index (χ1) is 10.8. The van der Waals surface area contributed by atoms with Crippen LogP contribution in [0.3, 0.4) is 0 Å². The van der Waals surface area contributed by atoms with Crippen LogP contribution in [0.1, 0.15) is 19.4 Å². The first-order valence-corrected chi connectivity index (χ1v) is 9.19. The van der Waals surface area contributed by atoms with Gasteiger partial charge in [0.25, 0.3) is 0 Å². The van der Waals surface area contributed by atoms with E-state index in [-0.39, 0.29) is 35.6 Å². The van der Waals surface area contributed by atoms with Crippen molar-refractivity contribution in [1.29, 1.82) is 0 Å². The Bertz CT molecular complexity index is 706. The molecule has 0 fully saturated rings. The number of halogens is 4. The van der Waals surface area contributed by atoms with Crippen molar-refractivity contribution in [2.45, 2.75) is 20.0 Å². The number of benzene rings is 1. The molecule has 136 valence electrons. The molecule has 24 heavy (non-hydrogen) atoms. The highest BCUT2D eigenvalue weighted by Gasteiger charge is 2.32. The highest BCUT2D eigenvalue weighted by atomic mass is 35.5. The number of amides is 1. The van der Waals surface area contributed by atoms with Crippen molar-refractivity contribution in [3.8, 4) is 0 Å². The molecule has 0 unspecified atom stereocenters. The normalized spacial score (nSPS) is 12.3. The number of carbonyl (C=O) groups excluding carboxylic acids is 1. The van der Waals surface area contributed by atoms with Gasteiger partial charge in [-0.05, 0) is 18.2 Å². The molecular weight excluding hydrogens is 369 g/mol. The second-order valence-corrected chi connectivity index (χ2v) is 7.76. The molecule has 0 saturated carbocycles. The fraction of sp³-hybridized carbons (Fsp3) is 0.500. The highest BCUT2D eigenvalue weighted by Crippen LogP contribution is 2.36. The van der Waals surface area contributed by atoms with Crippen LogP contribution in [-0.4, -0.2) is 33.7 Å². The standard InChI is InChI=1S/C14H18ClF3N2O3S/c1-9(2)13(21)19-6-7-20(24(3,22)23)12-8-10(14(16,17)18)4-5-11(12)15/h4-5,8-9H,6-7H2,1-3H3,(H,19,21). The van der Waals surface area contributed by atoms with Crippen molar-refractivity contribution >= 4 is 33.2 Å². The number of nitrogens with zero attached hydrogens (tertiary/aromatic N) is 1. The molecular formula is C14H18ClF3N2O3S. The van der Waals surface area contributed by atoms with E-state index < -0.39 is 21.8 Å². The smallest absolute Gasteiger partial charge is 0.354 e. The van der Waals surface area contributed by atoms with Crippen molar-refractivity contribution in [2.24, 2.45) is 5.92 Å². The number of nitrogens with one attached hydrogen (secondary N) is 1. The summed E-state index contributed by atoms with van der Waals surface area (Å²) in [7, 11) is -3.89. The number of rotatable bonds is 6. The lowest BCUT2D eigenvalue weighted by atomic mass is 10.2. The van der Waals surface area contributed by atoms with Crippen molar-refractivity contribution in [3.05, 3.63) is 28.8 Å². The van der Waals surface area contributed by atoms with Gasteiger partial charge in [-0.1, -0.05) is 25.4 Å². The van der Waals surface area contributed by atoms with Gasteiger partial charge in [0.2, 0.25) is 15.9 Å². The quantitative estimate of drug-likeness (QED) is 0.817. The van der Waals surface area contributed by atoms with E-state index >= 15 is 0 Å². The van der Waals surface area contributed by atoms with Gasteiger partial charge in [0.15, 0.2) is 0 Å². The van der Waals surface area contributed by atoms with Crippen molar-refractivity contribution in [1.82, 2.24) is 5.32 Å². The third kappa shape index (κ3) is 5.55. The minimum Gasteiger partial charge on any atom is -0.354 e. The molecule has 0 spiro atoms. The second kappa shape index (κ2) is 7.60. The molecule has 0 saturated heterocycles. The summed E-state index contributed by atoms with van der Waals surface area (Å²) in [6, 6.07) is 2.44. The van der Waals surface area contributed by atoms with Gasteiger partial charge < -0.3 is 5.32 Å². The van der Waals surface area contributed by atoms with E-state index in [0.717, 1.165) is 22.7 Å². The first kappa shape index (κ1) is 20.6. The van der Waals surface area contributed by atoms with Crippen molar-refractivity contribution in [2.75, 3.05) is 23.7 Å². The Morgan fingerprint density at radius 2 is 1.92 bits per heavy atom. The summed E-state index contributed by atoms with van der Waals surface area (Å²) in [5.74, 6) is -0.590. The topological polar surface area (TPSA) is 66.5 Å². The number of hydrogen-bond donors (Lipinski definition) is 1. The zero-order valence-electron chi connectivity index (χ0n) is 13.3. The Morgan fingerprint density at radius 1 is 1.33 bits per heavy atom. The Morgan fingerprint density at radius 3 is 2.38 bits per heavy atom. The first-order valence-electron chi connectivity index (χ1n) is 6.96. The van der Waals surface area contributed by atoms with Crippen LogP contribution in [0.25, 0.3) is 0 Å². The SMILES string of the molecule is CC(C)C(=O)NCCN(c1cc(C(F)(F)F)ccc1Cl)S(C)(=O)=O. The van der Waals surface area contributed by atoms with Crippen LogP contribution in [-0.2, 0) is 21.0 Å². The molecule has 1 aromatic carbocycles. The molecule has 1 N–H and O–H groups in total. The summed E-state index contributed by atoms with van der Waals surface area (Å²) in [5.41, 5.74) is -1.30. The van der Waals surface area contributed by atoms with E-state index in [1.54, 1.807) is 13.8 Å². The van der Waals surface area contributed by atoms with Crippen LogP contribution in [0.5, 0.6) is 0 Å². The molecule has 5 nitrogen and oxygen atoms in total. The minimum absolute atomic E-state index is 0.0589. The zero-order valence-corrected chi connectivity index (χ0v) is 14.9. The van der Waals surface area contributed by atoms with Crippen molar-refractivity contribution in [3.63, 3.8) is 0 Å². The maximum absolute atomic E-state index is 12.8. The molecule has 0 heterocycles. The molecule has 10 heteroatoms. The maximum Gasteiger partial charge on any atom is 0.416 e. The molecule has 0 atom stereocenters. The van der Waals surface area contributed by atoms with Crippen LogP contribution >= 0.6 is 11.6 Å². The monoisotopic (exact) mass is 386 g/mol. The summed E-state index contributed by atoms with van der Waals surface area (Å²) >= 11 is 5.88. The fourth-order valence-corrected chi connectivity index (χ4v) is 3.03. The number of carbonyl (C=O) groups is 1. The van der Waals surface area contributed by atoms with Gasteiger partial charge >= 0.3 is 6.18 Å². The molecule has 0 aromatic heterocycles. The molecule has 0 bridgehead atoms. The third-order valence-corrected chi connectivity index (χ3v) is 4.58. The number of anilines is 1. The van der Waals surface area contributed by atoms with Gasteiger partial charge in [0.1, 0.15) is 0 Å². The fourth-order valence-electron chi connectivity index (χ4n) is 1.83. The van der Waals surface area contributed by atoms with Gasteiger partial charge in [0, 0.05) is 12.5 Å². The van der Waals surface area contributed by atoms with Crippen LogP contribution in [0, 0.1) is 5.92 Å². The zero-order chi connectivity index (χ0) is 18.7. The highest BCUT2D eigenvalue weighted by molar-refractivity contribution is 7.92. The van der Waals surface area contributed by atoms with E-state index in [9.17, 15) is 26.4 Å². The number of hydrogen-bond acceptors (Lipinski definition) is 3. The van der Waals surface area contributed by atoms with Crippen LogP contribution in [0.15, 0.2) is 18.2 Å². The van der Waals surface area contributed by atoms with Gasteiger partial charge in [-0.25, -0.2) is 8.42 Å². The van der Waals surface area contributed by atoms with E-state index in [4.69, 9.17) is 11.6 Å². The largest absolute Gasteiger partial charge is 0.416 e. The number of alkyl halides is 3. The van der Waals surface area contributed by atoms with Gasteiger partial charge in [-0.15, -0.1) is 0 Å². The molecule has 1 aromatic rings. The molecule has 0 aliphatic rings.